The van der Waals surface area contributed by atoms with Crippen molar-refractivity contribution in [3.63, 3.8) is 0 Å². The van der Waals surface area contributed by atoms with E-state index >= 15 is 0 Å². The zero-order valence-corrected chi connectivity index (χ0v) is 19.5. The van der Waals surface area contributed by atoms with Gasteiger partial charge in [-0.05, 0) is 31.7 Å². The monoisotopic (exact) mass is 522 g/mol. The molecule has 1 unspecified atom stereocenters. The van der Waals surface area contributed by atoms with E-state index in [1.54, 1.807) is 6.07 Å². The van der Waals surface area contributed by atoms with Gasteiger partial charge in [0.25, 0.3) is 5.56 Å². The maximum atomic E-state index is 12.5. The number of halogens is 5. The molecule has 1 atom stereocenters. The smallest absolute Gasteiger partial charge is 0.388 e. The van der Waals surface area contributed by atoms with Crippen LogP contribution in [0.3, 0.4) is 0 Å². The Morgan fingerprint density at radius 2 is 1.91 bits per heavy atom. The quantitative estimate of drug-likeness (QED) is 0.561. The van der Waals surface area contributed by atoms with Gasteiger partial charge in [0, 0.05) is 18.7 Å². The normalized spacial score (nSPS) is 23.5. The van der Waals surface area contributed by atoms with Crippen LogP contribution < -0.4 is 15.2 Å². The third kappa shape index (κ3) is 6.12. The van der Waals surface area contributed by atoms with Crippen LogP contribution in [0.4, 0.5) is 18.9 Å². The summed E-state index contributed by atoms with van der Waals surface area (Å²) in [6.45, 7) is 1.92. The Morgan fingerprint density at radius 3 is 2.53 bits per heavy atom. The molecule has 2 aliphatic rings. The highest BCUT2D eigenvalue weighted by atomic mass is 35.5. The Kier molecular flexibility index (Phi) is 7.86. The lowest BCUT2D eigenvalue weighted by Gasteiger charge is -2.40. The predicted molar refractivity (Wildman–Crippen MR) is 119 cm³/mol. The number of anilines is 1. The molecule has 0 amide bonds. The van der Waals surface area contributed by atoms with Gasteiger partial charge in [0.05, 0.1) is 55.1 Å². The SMILES string of the molecule is O=c1c(Cl)c(Cl)cnn1[C@H]1CC[C@H](N(CC2COCCO2)c2ccc(OC(F)(F)F)nc2)CC1. The molecule has 13 heteroatoms. The van der Waals surface area contributed by atoms with Gasteiger partial charge in [-0.15, -0.1) is 13.2 Å². The first kappa shape index (κ1) is 25.0. The lowest BCUT2D eigenvalue weighted by molar-refractivity contribution is -0.276. The van der Waals surface area contributed by atoms with Crippen LogP contribution in [0.15, 0.2) is 29.3 Å². The molecule has 1 saturated carbocycles. The minimum atomic E-state index is -4.81. The van der Waals surface area contributed by atoms with E-state index < -0.39 is 17.8 Å². The molecular formula is C21H23Cl2F3N4O4. The lowest BCUT2D eigenvalue weighted by atomic mass is 9.89. The van der Waals surface area contributed by atoms with E-state index in [9.17, 15) is 18.0 Å². The van der Waals surface area contributed by atoms with Gasteiger partial charge in [-0.2, -0.15) is 5.10 Å². The summed E-state index contributed by atoms with van der Waals surface area (Å²) in [5, 5.41) is 4.20. The molecule has 1 aliphatic heterocycles. The van der Waals surface area contributed by atoms with Gasteiger partial charge in [-0.25, -0.2) is 9.67 Å². The molecule has 0 radical (unpaired) electrons. The fourth-order valence-electron chi connectivity index (χ4n) is 4.35. The Hall–Kier alpha value is -2.08. The minimum Gasteiger partial charge on any atom is -0.388 e. The summed E-state index contributed by atoms with van der Waals surface area (Å²) in [7, 11) is 0. The molecule has 0 bridgehead atoms. The second kappa shape index (κ2) is 10.7. The molecule has 34 heavy (non-hydrogen) atoms. The van der Waals surface area contributed by atoms with Crippen LogP contribution in [-0.2, 0) is 9.47 Å². The summed E-state index contributed by atoms with van der Waals surface area (Å²) < 4.78 is 54.1. The van der Waals surface area contributed by atoms with Gasteiger partial charge < -0.3 is 19.1 Å². The Bertz CT molecular complexity index is 1020. The van der Waals surface area contributed by atoms with E-state index in [4.69, 9.17) is 32.7 Å². The van der Waals surface area contributed by atoms with Gasteiger partial charge in [0.1, 0.15) is 5.02 Å². The number of pyridine rings is 1. The first-order valence-electron chi connectivity index (χ1n) is 10.8. The minimum absolute atomic E-state index is 0.0523. The maximum Gasteiger partial charge on any atom is 0.574 e. The van der Waals surface area contributed by atoms with Crippen LogP contribution in [0.2, 0.25) is 10.0 Å². The van der Waals surface area contributed by atoms with Crippen molar-refractivity contribution in [1.82, 2.24) is 14.8 Å². The predicted octanol–water partition coefficient (Wildman–Crippen LogP) is 4.25. The van der Waals surface area contributed by atoms with Crippen molar-refractivity contribution >= 4 is 28.9 Å². The molecule has 2 fully saturated rings. The van der Waals surface area contributed by atoms with E-state index in [0.29, 0.717) is 57.7 Å². The van der Waals surface area contributed by atoms with Gasteiger partial charge in [-0.1, -0.05) is 23.2 Å². The van der Waals surface area contributed by atoms with Crippen LogP contribution in [-0.4, -0.2) is 59.6 Å². The molecule has 0 spiro atoms. The number of hydrogen-bond acceptors (Lipinski definition) is 7. The highest BCUT2D eigenvalue weighted by Crippen LogP contribution is 2.34. The number of nitrogens with zero attached hydrogens (tertiary/aromatic N) is 4. The van der Waals surface area contributed by atoms with Crippen LogP contribution in [0.1, 0.15) is 31.7 Å². The summed E-state index contributed by atoms with van der Waals surface area (Å²) in [6, 6.07) is 2.67. The Labute approximate surface area is 203 Å². The Morgan fingerprint density at radius 1 is 1.15 bits per heavy atom. The fourth-order valence-corrected chi connectivity index (χ4v) is 4.61. The van der Waals surface area contributed by atoms with Crippen LogP contribution in [0, 0.1) is 0 Å². The highest BCUT2D eigenvalue weighted by Gasteiger charge is 2.33. The van der Waals surface area contributed by atoms with E-state index in [-0.39, 0.29) is 28.2 Å². The van der Waals surface area contributed by atoms with E-state index in [1.807, 2.05) is 0 Å². The number of aromatic nitrogens is 3. The van der Waals surface area contributed by atoms with Gasteiger partial charge in [0.15, 0.2) is 0 Å². The molecule has 3 heterocycles. The molecule has 4 rings (SSSR count). The summed E-state index contributed by atoms with van der Waals surface area (Å²) >= 11 is 11.9. The standard InChI is InChI=1S/C21H23Cl2F3N4O4/c22-17-10-28-30(20(31)19(17)23)14-3-1-13(2-4-14)29(11-16-12-32-7-8-33-16)15-5-6-18(27-9-15)34-21(24,25)26/h5-6,9-10,13-14,16H,1-4,7-8,11-12H2/t13-,14-,16?. The lowest BCUT2D eigenvalue weighted by Crippen LogP contribution is -2.46. The number of hydrogen-bond donors (Lipinski definition) is 0. The van der Waals surface area contributed by atoms with Gasteiger partial charge >= 0.3 is 6.36 Å². The highest BCUT2D eigenvalue weighted by molar-refractivity contribution is 6.41. The van der Waals surface area contributed by atoms with Crippen molar-refractivity contribution in [2.24, 2.45) is 0 Å². The van der Waals surface area contributed by atoms with Crippen molar-refractivity contribution in [3.05, 3.63) is 44.9 Å². The molecule has 186 valence electrons. The fraction of sp³-hybridized carbons (Fsp3) is 0.571. The molecule has 8 nitrogen and oxygen atoms in total. The molecule has 0 aromatic carbocycles. The van der Waals surface area contributed by atoms with Gasteiger partial charge in [0.2, 0.25) is 5.88 Å². The largest absolute Gasteiger partial charge is 0.574 e. The van der Waals surface area contributed by atoms with E-state index in [2.05, 4.69) is 19.7 Å². The molecule has 0 N–H and O–H groups in total. The van der Waals surface area contributed by atoms with E-state index in [1.165, 1.54) is 23.1 Å². The zero-order chi connectivity index (χ0) is 24.3. The average molecular weight is 523 g/mol. The first-order valence-corrected chi connectivity index (χ1v) is 11.6. The topological polar surface area (TPSA) is 78.7 Å². The molecule has 2 aromatic heterocycles. The molecular weight excluding hydrogens is 500 g/mol. The van der Waals surface area contributed by atoms with Crippen LogP contribution in [0.25, 0.3) is 0 Å². The van der Waals surface area contributed by atoms with Crippen molar-refractivity contribution in [2.45, 2.75) is 50.2 Å². The van der Waals surface area contributed by atoms with Crippen LogP contribution >= 0.6 is 23.2 Å². The summed E-state index contributed by atoms with van der Waals surface area (Å²) in [5.41, 5.74) is 0.226. The van der Waals surface area contributed by atoms with Gasteiger partial charge in [-0.3, -0.25) is 4.79 Å². The van der Waals surface area contributed by atoms with Crippen molar-refractivity contribution < 1.29 is 27.4 Å². The van der Waals surface area contributed by atoms with Crippen molar-refractivity contribution in [3.8, 4) is 5.88 Å². The second-order valence-electron chi connectivity index (χ2n) is 8.14. The summed E-state index contributed by atoms with van der Waals surface area (Å²) in [4.78, 5) is 18.4. The van der Waals surface area contributed by atoms with Crippen molar-refractivity contribution in [2.75, 3.05) is 31.3 Å². The molecule has 1 saturated heterocycles. The first-order chi connectivity index (χ1) is 16.2. The summed E-state index contributed by atoms with van der Waals surface area (Å²) in [6.07, 6.45) is 0.490. The average Bonchev–Trinajstić information content (AvgIpc) is 2.82. The maximum absolute atomic E-state index is 12.5. The van der Waals surface area contributed by atoms with Crippen molar-refractivity contribution in [1.29, 1.82) is 0 Å². The number of alkyl halides is 3. The zero-order valence-electron chi connectivity index (χ0n) is 18.0. The third-order valence-corrected chi connectivity index (χ3v) is 6.66. The van der Waals surface area contributed by atoms with E-state index in [0.717, 1.165) is 0 Å². The Balaban J connectivity index is 1.49. The van der Waals surface area contributed by atoms with Crippen LogP contribution in [0.5, 0.6) is 5.88 Å². The second-order valence-corrected chi connectivity index (χ2v) is 8.93. The number of rotatable bonds is 6. The molecule has 2 aromatic rings. The molecule has 1 aliphatic carbocycles. The summed E-state index contributed by atoms with van der Waals surface area (Å²) in [5.74, 6) is -0.526. The number of ether oxygens (including phenoxy) is 3. The third-order valence-electron chi connectivity index (χ3n) is 5.91.